The maximum Gasteiger partial charge on any atom is 0.271 e. The van der Waals surface area contributed by atoms with Gasteiger partial charge in [-0.2, -0.15) is 10.4 Å². The van der Waals surface area contributed by atoms with Crippen LogP contribution in [-0.2, 0) is 0 Å². The molecule has 2 N–H and O–H groups in total. The average Bonchev–Trinajstić information content (AvgIpc) is 2.50. The van der Waals surface area contributed by atoms with E-state index in [1.807, 2.05) is 6.07 Å². The maximum absolute atomic E-state index is 11.8. The molecule has 5 nitrogen and oxygen atoms in total. The van der Waals surface area contributed by atoms with Crippen LogP contribution in [0.4, 0.5) is 0 Å². The largest absolute Gasteiger partial charge is 0.507 e. The predicted octanol–water partition coefficient (Wildman–Crippen LogP) is 2.79. The molecule has 104 valence electrons. The van der Waals surface area contributed by atoms with Crippen LogP contribution in [0.1, 0.15) is 21.5 Å². The van der Waals surface area contributed by atoms with Crippen molar-refractivity contribution in [2.45, 2.75) is 0 Å². The minimum absolute atomic E-state index is 0.0644. The average molecular weight is 344 g/mol. The van der Waals surface area contributed by atoms with Crippen molar-refractivity contribution in [3.8, 4) is 11.8 Å². The number of nitrogens with one attached hydrogen (secondary N) is 1. The number of phenols is 1. The lowest BCUT2D eigenvalue weighted by atomic mass is 10.1. The smallest absolute Gasteiger partial charge is 0.271 e. The summed E-state index contributed by atoms with van der Waals surface area (Å²) in [6.07, 6.45) is 1.35. The number of phenolic OH excluding ortho intramolecular Hbond substituents is 1. The molecular weight excluding hydrogens is 334 g/mol. The number of nitriles is 1. The number of carbonyl (C=O) groups excluding carboxylic acids is 1. The van der Waals surface area contributed by atoms with E-state index in [0.717, 1.165) is 4.47 Å². The quantitative estimate of drug-likeness (QED) is 0.663. The van der Waals surface area contributed by atoms with E-state index in [9.17, 15) is 9.90 Å². The van der Waals surface area contributed by atoms with Crippen molar-refractivity contribution in [1.29, 1.82) is 5.26 Å². The van der Waals surface area contributed by atoms with Crippen LogP contribution in [0.5, 0.6) is 5.75 Å². The number of aromatic hydroxyl groups is 1. The van der Waals surface area contributed by atoms with Crippen molar-refractivity contribution >= 4 is 28.1 Å². The van der Waals surface area contributed by atoms with Crippen molar-refractivity contribution in [2.75, 3.05) is 0 Å². The summed E-state index contributed by atoms with van der Waals surface area (Å²) in [6, 6.07) is 13.1. The SMILES string of the molecule is N#Cc1ccc(C(=O)N/N=C\c2cc(Br)ccc2O)cc1. The van der Waals surface area contributed by atoms with Crippen LogP contribution in [0.2, 0.25) is 0 Å². The molecule has 0 bridgehead atoms. The van der Waals surface area contributed by atoms with Crippen LogP contribution in [0.25, 0.3) is 0 Å². The summed E-state index contributed by atoms with van der Waals surface area (Å²) in [5, 5.41) is 22.1. The molecule has 0 aliphatic rings. The Balaban J connectivity index is 2.04. The lowest BCUT2D eigenvalue weighted by molar-refractivity contribution is 0.0955. The van der Waals surface area contributed by atoms with Gasteiger partial charge in [-0.05, 0) is 42.5 Å². The number of hydrazone groups is 1. The second-order valence-electron chi connectivity index (χ2n) is 4.09. The fourth-order valence-corrected chi connectivity index (χ4v) is 1.93. The second-order valence-corrected chi connectivity index (χ2v) is 5.01. The van der Waals surface area contributed by atoms with Crippen molar-refractivity contribution in [1.82, 2.24) is 5.43 Å². The van der Waals surface area contributed by atoms with Gasteiger partial charge in [0.25, 0.3) is 5.91 Å². The zero-order valence-corrected chi connectivity index (χ0v) is 12.3. The highest BCUT2D eigenvalue weighted by molar-refractivity contribution is 9.10. The van der Waals surface area contributed by atoms with Gasteiger partial charge in [-0.15, -0.1) is 0 Å². The Hall–Kier alpha value is -2.65. The van der Waals surface area contributed by atoms with Crippen molar-refractivity contribution < 1.29 is 9.90 Å². The highest BCUT2D eigenvalue weighted by Gasteiger charge is 2.04. The van der Waals surface area contributed by atoms with E-state index in [0.29, 0.717) is 16.7 Å². The first-order valence-corrected chi connectivity index (χ1v) is 6.71. The standard InChI is InChI=1S/C15H10BrN3O2/c16-13-5-6-14(20)12(7-13)9-18-19-15(21)11-3-1-10(8-17)2-4-11/h1-7,9,20H,(H,19,21)/b18-9-. The summed E-state index contributed by atoms with van der Waals surface area (Å²) < 4.78 is 0.792. The van der Waals surface area contributed by atoms with Crippen molar-refractivity contribution in [3.05, 3.63) is 63.6 Å². The molecule has 0 saturated heterocycles. The number of rotatable bonds is 3. The van der Waals surface area contributed by atoms with Gasteiger partial charge in [0.15, 0.2) is 0 Å². The van der Waals surface area contributed by atoms with Gasteiger partial charge in [-0.25, -0.2) is 5.43 Å². The van der Waals surface area contributed by atoms with Crippen LogP contribution >= 0.6 is 15.9 Å². The fraction of sp³-hybridized carbons (Fsp3) is 0. The number of benzene rings is 2. The van der Waals surface area contributed by atoms with E-state index < -0.39 is 5.91 Å². The number of halogens is 1. The predicted molar refractivity (Wildman–Crippen MR) is 82.0 cm³/mol. The Morgan fingerprint density at radius 1 is 1.29 bits per heavy atom. The zero-order valence-electron chi connectivity index (χ0n) is 10.7. The normalized spacial score (nSPS) is 10.3. The van der Waals surface area contributed by atoms with Gasteiger partial charge in [0, 0.05) is 15.6 Å². The molecule has 0 radical (unpaired) electrons. The van der Waals surface area contributed by atoms with E-state index >= 15 is 0 Å². The fourth-order valence-electron chi connectivity index (χ4n) is 1.55. The molecule has 0 aromatic heterocycles. The molecule has 0 fully saturated rings. The van der Waals surface area contributed by atoms with Gasteiger partial charge < -0.3 is 5.11 Å². The minimum atomic E-state index is -0.398. The monoisotopic (exact) mass is 343 g/mol. The van der Waals surface area contributed by atoms with Crippen LogP contribution in [0.3, 0.4) is 0 Å². The van der Waals surface area contributed by atoms with E-state index in [-0.39, 0.29) is 5.75 Å². The van der Waals surface area contributed by atoms with Crippen molar-refractivity contribution in [2.24, 2.45) is 5.10 Å². The Bertz CT molecular complexity index is 734. The summed E-state index contributed by atoms with van der Waals surface area (Å²) in [6.45, 7) is 0. The molecule has 0 atom stereocenters. The molecule has 2 rings (SSSR count). The first-order valence-electron chi connectivity index (χ1n) is 5.92. The van der Waals surface area contributed by atoms with Gasteiger partial charge in [0.1, 0.15) is 5.75 Å². The Kier molecular flexibility index (Phi) is 4.69. The third kappa shape index (κ3) is 3.91. The third-order valence-electron chi connectivity index (χ3n) is 2.64. The highest BCUT2D eigenvalue weighted by Crippen LogP contribution is 2.19. The van der Waals surface area contributed by atoms with Crippen LogP contribution in [0.15, 0.2) is 52.0 Å². The topological polar surface area (TPSA) is 85.5 Å². The minimum Gasteiger partial charge on any atom is -0.507 e. The van der Waals surface area contributed by atoms with Crippen LogP contribution in [-0.4, -0.2) is 17.2 Å². The molecule has 0 unspecified atom stereocenters. The number of nitrogens with zero attached hydrogens (tertiary/aromatic N) is 2. The highest BCUT2D eigenvalue weighted by atomic mass is 79.9. The molecule has 6 heteroatoms. The summed E-state index contributed by atoms with van der Waals surface area (Å²) in [4.78, 5) is 11.8. The van der Waals surface area contributed by atoms with Crippen LogP contribution in [0, 0.1) is 11.3 Å². The number of hydrogen-bond acceptors (Lipinski definition) is 4. The second kappa shape index (κ2) is 6.68. The van der Waals surface area contributed by atoms with Crippen molar-refractivity contribution in [3.63, 3.8) is 0 Å². The Morgan fingerprint density at radius 2 is 2.00 bits per heavy atom. The molecule has 0 spiro atoms. The molecule has 0 aliphatic heterocycles. The maximum atomic E-state index is 11.8. The summed E-state index contributed by atoms with van der Waals surface area (Å²) in [5.41, 5.74) is 3.70. The Labute approximate surface area is 129 Å². The molecule has 0 saturated carbocycles. The molecule has 0 aliphatic carbocycles. The molecule has 0 heterocycles. The molecule has 1 amide bonds. The number of carbonyl (C=O) groups is 1. The summed E-state index contributed by atoms with van der Waals surface area (Å²) in [7, 11) is 0. The van der Waals surface area contributed by atoms with Gasteiger partial charge >= 0.3 is 0 Å². The molecular formula is C15H10BrN3O2. The number of hydrogen-bond donors (Lipinski definition) is 2. The number of amides is 1. The van der Waals surface area contributed by atoms with Crippen LogP contribution < -0.4 is 5.43 Å². The lowest BCUT2D eigenvalue weighted by Crippen LogP contribution is -2.17. The summed E-state index contributed by atoms with van der Waals surface area (Å²) >= 11 is 3.28. The van der Waals surface area contributed by atoms with E-state index in [4.69, 9.17) is 5.26 Å². The summed E-state index contributed by atoms with van der Waals surface area (Å²) in [5.74, 6) is -0.334. The van der Waals surface area contributed by atoms with E-state index in [1.54, 1.807) is 36.4 Å². The molecule has 2 aromatic rings. The zero-order chi connectivity index (χ0) is 15.2. The van der Waals surface area contributed by atoms with E-state index in [1.165, 1.54) is 12.3 Å². The molecule has 2 aromatic carbocycles. The molecule has 21 heavy (non-hydrogen) atoms. The first-order chi connectivity index (χ1) is 10.1. The Morgan fingerprint density at radius 3 is 2.67 bits per heavy atom. The lowest BCUT2D eigenvalue weighted by Gasteiger charge is -2.01. The van der Waals surface area contributed by atoms with Gasteiger partial charge in [-0.3, -0.25) is 4.79 Å². The van der Waals surface area contributed by atoms with Gasteiger partial charge in [-0.1, -0.05) is 15.9 Å². The van der Waals surface area contributed by atoms with Gasteiger partial charge in [0.2, 0.25) is 0 Å². The van der Waals surface area contributed by atoms with Gasteiger partial charge in [0.05, 0.1) is 17.8 Å². The van der Waals surface area contributed by atoms with E-state index in [2.05, 4.69) is 26.5 Å². The first kappa shape index (κ1) is 14.8. The third-order valence-corrected chi connectivity index (χ3v) is 3.13.